The molecule has 0 unspecified atom stereocenters. The molecular weight excluding hydrogens is 319 g/mol. The van der Waals surface area contributed by atoms with Crippen LogP contribution in [0.1, 0.15) is 53.8 Å². The highest BCUT2D eigenvalue weighted by molar-refractivity contribution is 5.94. The summed E-state index contributed by atoms with van der Waals surface area (Å²) in [7, 11) is 0. The summed E-state index contributed by atoms with van der Waals surface area (Å²) in [5, 5.41) is 7.54. The number of carbonyl (C=O) groups is 1. The van der Waals surface area contributed by atoms with E-state index in [-0.39, 0.29) is 23.8 Å². The van der Waals surface area contributed by atoms with Gasteiger partial charge in [0.15, 0.2) is 5.69 Å². The zero-order valence-corrected chi connectivity index (χ0v) is 14.2. The van der Waals surface area contributed by atoms with Crippen molar-refractivity contribution in [1.29, 1.82) is 0 Å². The fourth-order valence-electron chi connectivity index (χ4n) is 4.02. The zero-order chi connectivity index (χ0) is 17.4. The van der Waals surface area contributed by atoms with Gasteiger partial charge in [0.1, 0.15) is 11.5 Å². The molecule has 5 nitrogen and oxygen atoms in total. The maximum absolute atomic E-state index is 14.2. The number of fused-ring (bicyclic) bond motifs is 1. The molecule has 2 atom stereocenters. The van der Waals surface area contributed by atoms with Crippen molar-refractivity contribution in [2.75, 3.05) is 0 Å². The molecule has 1 aromatic heterocycles. The van der Waals surface area contributed by atoms with E-state index in [1.54, 1.807) is 22.9 Å². The molecule has 0 radical (unpaired) electrons. The largest absolute Gasteiger partial charge is 0.346 e. The van der Waals surface area contributed by atoms with Gasteiger partial charge in [-0.2, -0.15) is 5.10 Å². The Kier molecular flexibility index (Phi) is 4.29. The van der Waals surface area contributed by atoms with Gasteiger partial charge in [0, 0.05) is 23.3 Å². The van der Waals surface area contributed by atoms with Gasteiger partial charge in [-0.15, -0.1) is 0 Å². The number of amides is 1. The Bertz CT molecular complexity index is 801. The fraction of sp³-hybridized carbons (Fsp3) is 0.474. The molecule has 2 aliphatic carbocycles. The van der Waals surface area contributed by atoms with Gasteiger partial charge >= 0.3 is 0 Å². The van der Waals surface area contributed by atoms with E-state index in [1.165, 1.54) is 6.07 Å². The molecule has 0 spiro atoms. The fourth-order valence-corrected chi connectivity index (χ4v) is 4.02. The van der Waals surface area contributed by atoms with Crippen molar-refractivity contribution in [2.45, 2.75) is 57.0 Å². The van der Waals surface area contributed by atoms with Crippen molar-refractivity contribution in [1.82, 2.24) is 15.1 Å². The first-order valence-corrected chi connectivity index (χ1v) is 9.07. The van der Waals surface area contributed by atoms with Crippen molar-refractivity contribution in [3.63, 3.8) is 0 Å². The van der Waals surface area contributed by atoms with E-state index in [2.05, 4.69) is 10.4 Å². The summed E-state index contributed by atoms with van der Waals surface area (Å²) in [5.74, 6) is -0.517. The van der Waals surface area contributed by atoms with Crippen LogP contribution in [0.5, 0.6) is 0 Å². The number of para-hydroxylation sites is 1. The highest BCUT2D eigenvalue weighted by Crippen LogP contribution is 2.29. The topological polar surface area (TPSA) is 72.9 Å². The molecule has 1 amide bonds. The first-order valence-electron chi connectivity index (χ1n) is 9.07. The number of hydrogen-bond acceptors (Lipinski definition) is 3. The number of nitrogens with one attached hydrogen (secondary N) is 1. The van der Waals surface area contributed by atoms with E-state index in [0.29, 0.717) is 11.4 Å². The van der Waals surface area contributed by atoms with Crippen LogP contribution >= 0.6 is 0 Å². The predicted molar refractivity (Wildman–Crippen MR) is 93.2 cm³/mol. The van der Waals surface area contributed by atoms with Gasteiger partial charge in [0.25, 0.3) is 5.91 Å². The number of nitrogens with two attached hydrogens (primary N) is 1. The Morgan fingerprint density at radius 2 is 2.00 bits per heavy atom. The quantitative estimate of drug-likeness (QED) is 0.900. The highest BCUT2D eigenvalue weighted by Gasteiger charge is 2.30. The lowest BCUT2D eigenvalue weighted by Crippen LogP contribution is -2.49. The molecule has 1 aromatic carbocycles. The SMILES string of the molecule is N[C@@H]1CCCC[C@H]1NC(=O)c1nn(-c2ccccc2F)c2c1CCC2. The van der Waals surface area contributed by atoms with Crippen molar-refractivity contribution in [2.24, 2.45) is 5.73 Å². The van der Waals surface area contributed by atoms with Crippen LogP contribution < -0.4 is 11.1 Å². The molecule has 6 heteroatoms. The monoisotopic (exact) mass is 342 g/mol. The lowest BCUT2D eigenvalue weighted by atomic mass is 9.91. The van der Waals surface area contributed by atoms with E-state index >= 15 is 0 Å². The van der Waals surface area contributed by atoms with Crippen LogP contribution in [0.4, 0.5) is 4.39 Å². The molecule has 0 saturated heterocycles. The van der Waals surface area contributed by atoms with Gasteiger partial charge in [-0.05, 0) is 44.2 Å². The molecule has 4 rings (SSSR count). The summed E-state index contributed by atoms with van der Waals surface area (Å²) in [6.45, 7) is 0. The van der Waals surface area contributed by atoms with E-state index in [1.807, 2.05) is 0 Å². The molecule has 1 saturated carbocycles. The molecule has 0 aliphatic heterocycles. The van der Waals surface area contributed by atoms with Crippen LogP contribution in [0.25, 0.3) is 5.69 Å². The third-order valence-corrected chi connectivity index (χ3v) is 5.36. The molecular formula is C19H23FN4O. The van der Waals surface area contributed by atoms with Gasteiger partial charge < -0.3 is 11.1 Å². The maximum atomic E-state index is 14.2. The van der Waals surface area contributed by atoms with Crippen molar-refractivity contribution in [3.05, 3.63) is 47.0 Å². The minimum atomic E-state index is -0.332. The number of halogens is 1. The lowest BCUT2D eigenvalue weighted by molar-refractivity contribution is 0.0915. The average Bonchev–Trinajstić information content (AvgIpc) is 3.20. The van der Waals surface area contributed by atoms with Crippen molar-refractivity contribution in [3.8, 4) is 5.69 Å². The van der Waals surface area contributed by atoms with E-state index in [0.717, 1.165) is 56.2 Å². The lowest BCUT2D eigenvalue weighted by Gasteiger charge is -2.29. The number of nitrogens with zero attached hydrogens (tertiary/aromatic N) is 2. The highest BCUT2D eigenvalue weighted by atomic mass is 19.1. The second kappa shape index (κ2) is 6.59. The van der Waals surface area contributed by atoms with Gasteiger partial charge in [-0.3, -0.25) is 4.79 Å². The number of benzene rings is 1. The van der Waals surface area contributed by atoms with Gasteiger partial charge in [0.2, 0.25) is 0 Å². The van der Waals surface area contributed by atoms with Crippen LogP contribution in [-0.2, 0) is 12.8 Å². The van der Waals surface area contributed by atoms with Gasteiger partial charge in [0.05, 0.1) is 0 Å². The minimum Gasteiger partial charge on any atom is -0.346 e. The second-order valence-corrected chi connectivity index (χ2v) is 7.02. The summed E-state index contributed by atoms with van der Waals surface area (Å²) in [5.41, 5.74) is 8.86. The Hall–Kier alpha value is -2.21. The first-order chi connectivity index (χ1) is 12.1. The third-order valence-electron chi connectivity index (χ3n) is 5.36. The second-order valence-electron chi connectivity index (χ2n) is 7.02. The van der Waals surface area contributed by atoms with E-state index in [9.17, 15) is 9.18 Å². The molecule has 2 aromatic rings. The van der Waals surface area contributed by atoms with E-state index < -0.39 is 0 Å². The summed E-state index contributed by atoms with van der Waals surface area (Å²) in [6, 6.07) is 6.54. The van der Waals surface area contributed by atoms with Crippen molar-refractivity contribution < 1.29 is 9.18 Å². The van der Waals surface area contributed by atoms with Crippen LogP contribution in [0.3, 0.4) is 0 Å². The molecule has 0 bridgehead atoms. The molecule has 25 heavy (non-hydrogen) atoms. The molecule has 3 N–H and O–H groups in total. The minimum absolute atomic E-state index is 0.000554. The van der Waals surface area contributed by atoms with Crippen molar-refractivity contribution >= 4 is 5.91 Å². The Balaban J connectivity index is 1.66. The zero-order valence-electron chi connectivity index (χ0n) is 14.2. The Labute approximate surface area is 146 Å². The van der Waals surface area contributed by atoms with Crippen LogP contribution in [0.15, 0.2) is 24.3 Å². The third kappa shape index (κ3) is 2.95. The number of hydrogen-bond donors (Lipinski definition) is 2. The van der Waals surface area contributed by atoms with Gasteiger partial charge in [-0.25, -0.2) is 9.07 Å². The number of rotatable bonds is 3. The normalized spacial score (nSPS) is 22.6. The number of carbonyl (C=O) groups excluding carboxylic acids is 1. The van der Waals surface area contributed by atoms with Crippen LogP contribution in [-0.4, -0.2) is 27.8 Å². The summed E-state index contributed by atoms with van der Waals surface area (Å²) >= 11 is 0. The number of aromatic nitrogens is 2. The Morgan fingerprint density at radius 1 is 1.20 bits per heavy atom. The summed E-state index contributed by atoms with van der Waals surface area (Å²) in [6.07, 6.45) is 6.63. The summed E-state index contributed by atoms with van der Waals surface area (Å²) in [4.78, 5) is 12.8. The molecule has 2 aliphatic rings. The van der Waals surface area contributed by atoms with Crippen LogP contribution in [0, 0.1) is 5.82 Å². The molecule has 1 heterocycles. The smallest absolute Gasteiger partial charge is 0.272 e. The standard InChI is InChI=1S/C19H23FN4O/c20-13-7-1-4-10-17(13)24-16-11-5-6-12(16)18(23-24)19(25)22-15-9-3-2-8-14(15)21/h1,4,7,10,14-15H,2-3,5-6,8-9,11,21H2,(H,22,25)/t14-,15-/m1/s1. The average molecular weight is 342 g/mol. The van der Waals surface area contributed by atoms with Crippen LogP contribution in [0.2, 0.25) is 0 Å². The Morgan fingerprint density at radius 3 is 2.80 bits per heavy atom. The maximum Gasteiger partial charge on any atom is 0.272 e. The van der Waals surface area contributed by atoms with Gasteiger partial charge in [-0.1, -0.05) is 25.0 Å². The molecule has 1 fully saturated rings. The predicted octanol–water partition coefficient (Wildman–Crippen LogP) is 2.50. The first kappa shape index (κ1) is 16.3. The van der Waals surface area contributed by atoms with E-state index in [4.69, 9.17) is 5.73 Å². The molecule has 132 valence electrons. The summed E-state index contributed by atoms with van der Waals surface area (Å²) < 4.78 is 15.8.